The summed E-state index contributed by atoms with van der Waals surface area (Å²) >= 11 is 6.18. The van der Waals surface area contributed by atoms with Gasteiger partial charge in [0.15, 0.2) is 0 Å². The molecule has 0 aliphatic carbocycles. The van der Waals surface area contributed by atoms with E-state index in [2.05, 4.69) is 0 Å². The molecule has 2 aliphatic rings. The van der Waals surface area contributed by atoms with E-state index in [1.807, 2.05) is 13.8 Å². The van der Waals surface area contributed by atoms with Gasteiger partial charge in [0.25, 0.3) is 0 Å². The molecule has 9 nitrogen and oxygen atoms in total. The van der Waals surface area contributed by atoms with E-state index in [4.69, 9.17) is 16.3 Å². The Morgan fingerprint density at radius 3 is 2.25 bits per heavy atom. The largest absolute Gasteiger partial charge is 0.496 e. The Bertz CT molecular complexity index is 1840. The van der Waals surface area contributed by atoms with Gasteiger partial charge >= 0.3 is 11.4 Å². The Labute approximate surface area is 236 Å². The number of hydrogen-bond acceptors (Lipinski definition) is 5. The average Bonchev–Trinajstić information content (AvgIpc) is 3.46. The van der Waals surface area contributed by atoms with Crippen LogP contribution in [0.25, 0.3) is 5.69 Å². The summed E-state index contributed by atoms with van der Waals surface area (Å²) in [6, 6.07) is 20.8. The van der Waals surface area contributed by atoms with Gasteiger partial charge in [-0.3, -0.25) is 0 Å². The van der Waals surface area contributed by atoms with Crippen molar-refractivity contribution < 1.29 is 13.2 Å². The van der Waals surface area contributed by atoms with Crippen molar-refractivity contribution in [1.82, 2.24) is 18.2 Å². The Morgan fingerprint density at radius 1 is 0.925 bits per heavy atom. The summed E-state index contributed by atoms with van der Waals surface area (Å²) in [5.41, 5.74) is 1.62. The highest BCUT2D eigenvalue weighted by Gasteiger charge is 2.50. The molecule has 206 valence electrons. The summed E-state index contributed by atoms with van der Waals surface area (Å²) in [6.07, 6.45) is 0. The first kappa shape index (κ1) is 26.4. The van der Waals surface area contributed by atoms with Crippen LogP contribution in [0.5, 0.6) is 0 Å². The molecule has 0 saturated carbocycles. The Morgan fingerprint density at radius 2 is 1.60 bits per heavy atom. The standard InChI is InChI=1S/C29H27ClN4O5S/c1-3-39-25-18-31-28(35)33(22-7-5-4-6-8-22)29(36)34(31)24-17-32(40(37,38)23-15-9-19(2)10-16-23)27(26(24)25)20-11-13-21(30)14-12-20/h4-16,24,27H,3,17-18H2,1-2H3/t24-,27+/m1/s1. The van der Waals surface area contributed by atoms with Gasteiger partial charge in [0.05, 0.1) is 29.3 Å². The molecular formula is C29H27ClN4O5S. The van der Waals surface area contributed by atoms with Crippen LogP contribution in [0.15, 0.2) is 105 Å². The van der Waals surface area contributed by atoms with Crippen LogP contribution < -0.4 is 11.4 Å². The molecule has 1 fully saturated rings. The van der Waals surface area contributed by atoms with Crippen LogP contribution in [0.4, 0.5) is 0 Å². The van der Waals surface area contributed by atoms with Crippen LogP contribution in [-0.4, -0.2) is 39.8 Å². The van der Waals surface area contributed by atoms with E-state index >= 15 is 0 Å². The monoisotopic (exact) mass is 578 g/mol. The number of benzene rings is 3. The third kappa shape index (κ3) is 4.14. The first-order chi connectivity index (χ1) is 19.2. The molecule has 11 heteroatoms. The molecule has 0 bridgehead atoms. The highest BCUT2D eigenvalue weighted by atomic mass is 35.5. The lowest BCUT2D eigenvalue weighted by molar-refractivity contribution is 0.183. The third-order valence-electron chi connectivity index (χ3n) is 7.41. The fourth-order valence-corrected chi connectivity index (χ4v) is 7.33. The van der Waals surface area contributed by atoms with Crippen molar-refractivity contribution in [2.45, 2.75) is 37.4 Å². The SMILES string of the molecule is CCOC1=C2[C@H](c3ccc(Cl)cc3)N(S(=O)(=O)c3ccc(C)cc3)C[C@H]2n2c(=O)n(-c3ccccc3)c(=O)n2C1. The minimum atomic E-state index is -4.03. The number of rotatable bonds is 6. The van der Waals surface area contributed by atoms with Crippen molar-refractivity contribution in [3.63, 3.8) is 0 Å². The number of fused-ring (bicyclic) bond motifs is 3. The maximum atomic E-state index is 14.2. The average molecular weight is 579 g/mol. The van der Waals surface area contributed by atoms with E-state index in [0.717, 1.165) is 10.1 Å². The summed E-state index contributed by atoms with van der Waals surface area (Å²) in [5, 5.41) is 0.513. The first-order valence-corrected chi connectivity index (χ1v) is 14.7. The number of para-hydroxylation sites is 1. The molecule has 40 heavy (non-hydrogen) atoms. The molecule has 1 saturated heterocycles. The summed E-state index contributed by atoms with van der Waals surface area (Å²) in [4.78, 5) is 27.6. The van der Waals surface area contributed by atoms with E-state index < -0.39 is 33.5 Å². The van der Waals surface area contributed by atoms with Crippen molar-refractivity contribution in [3.8, 4) is 5.69 Å². The minimum absolute atomic E-state index is 0.00388. The fraction of sp³-hybridized carbons (Fsp3) is 0.241. The van der Waals surface area contributed by atoms with Gasteiger partial charge in [-0.1, -0.05) is 59.6 Å². The zero-order valence-corrected chi connectivity index (χ0v) is 23.5. The molecule has 0 N–H and O–H groups in total. The van der Waals surface area contributed by atoms with Crippen molar-refractivity contribution >= 4 is 21.6 Å². The quantitative estimate of drug-likeness (QED) is 0.344. The van der Waals surface area contributed by atoms with Crippen molar-refractivity contribution in [2.75, 3.05) is 13.2 Å². The third-order valence-corrected chi connectivity index (χ3v) is 9.51. The molecule has 0 spiro atoms. The van der Waals surface area contributed by atoms with Crippen molar-refractivity contribution in [2.24, 2.45) is 0 Å². The number of nitrogens with zero attached hydrogens (tertiary/aromatic N) is 4. The van der Waals surface area contributed by atoms with Crippen LogP contribution >= 0.6 is 11.6 Å². The van der Waals surface area contributed by atoms with Crippen LogP contribution in [0.3, 0.4) is 0 Å². The molecule has 2 atom stereocenters. The first-order valence-electron chi connectivity index (χ1n) is 12.9. The normalized spacial score (nSPS) is 19.0. The minimum Gasteiger partial charge on any atom is -0.496 e. The van der Waals surface area contributed by atoms with Gasteiger partial charge in [-0.2, -0.15) is 4.31 Å². The highest BCUT2D eigenvalue weighted by Crippen LogP contribution is 2.48. The predicted octanol–water partition coefficient (Wildman–Crippen LogP) is 4.05. The molecule has 0 unspecified atom stereocenters. The zero-order chi connectivity index (χ0) is 28.2. The van der Waals surface area contributed by atoms with Gasteiger partial charge in [0, 0.05) is 17.1 Å². The van der Waals surface area contributed by atoms with Crippen molar-refractivity contribution in [3.05, 3.63) is 127 Å². The number of sulfonamides is 1. The summed E-state index contributed by atoms with van der Waals surface area (Å²) < 4.78 is 39.6. The molecule has 2 aliphatic heterocycles. The molecule has 0 radical (unpaired) electrons. The van der Waals surface area contributed by atoms with E-state index in [-0.39, 0.29) is 18.0 Å². The lowest BCUT2D eigenvalue weighted by atomic mass is 9.95. The second kappa shape index (κ2) is 9.96. The molecule has 0 amide bonds. The number of allylic oxidation sites excluding steroid dienone is 1. The number of aryl methyl sites for hydroxylation is 1. The molecular weight excluding hydrogens is 552 g/mol. The number of hydrogen-bond donors (Lipinski definition) is 0. The van der Waals surface area contributed by atoms with Crippen LogP contribution in [-0.2, 0) is 21.3 Å². The topological polar surface area (TPSA) is 95.5 Å². The van der Waals surface area contributed by atoms with Crippen molar-refractivity contribution in [1.29, 1.82) is 0 Å². The molecule has 6 rings (SSSR count). The summed E-state index contributed by atoms with van der Waals surface area (Å²) in [5.74, 6) is 0.473. The summed E-state index contributed by atoms with van der Waals surface area (Å²) in [6.45, 7) is 3.96. The second-order valence-corrected chi connectivity index (χ2v) is 12.1. The predicted molar refractivity (Wildman–Crippen MR) is 151 cm³/mol. The van der Waals surface area contributed by atoms with Gasteiger partial charge in [-0.05, 0) is 55.8 Å². The zero-order valence-electron chi connectivity index (χ0n) is 21.9. The summed E-state index contributed by atoms with van der Waals surface area (Å²) in [7, 11) is -4.03. The molecule has 3 aromatic carbocycles. The number of ether oxygens (including phenoxy) is 1. The van der Waals surface area contributed by atoms with E-state index in [9.17, 15) is 18.0 Å². The maximum Gasteiger partial charge on any atom is 0.352 e. The van der Waals surface area contributed by atoms with Gasteiger partial charge in [-0.25, -0.2) is 31.9 Å². The Balaban J connectivity index is 1.59. The number of aromatic nitrogens is 3. The highest BCUT2D eigenvalue weighted by molar-refractivity contribution is 7.89. The Hall–Kier alpha value is -3.86. The van der Waals surface area contributed by atoms with Gasteiger partial charge in [0.2, 0.25) is 10.0 Å². The van der Waals surface area contributed by atoms with E-state index in [1.165, 1.54) is 13.7 Å². The van der Waals surface area contributed by atoms with Crippen LogP contribution in [0.1, 0.15) is 30.1 Å². The van der Waals surface area contributed by atoms with Gasteiger partial charge in [-0.15, -0.1) is 0 Å². The van der Waals surface area contributed by atoms with Crippen LogP contribution in [0, 0.1) is 6.92 Å². The van der Waals surface area contributed by atoms with E-state index in [1.54, 1.807) is 78.9 Å². The number of halogens is 1. The van der Waals surface area contributed by atoms with E-state index in [0.29, 0.717) is 34.2 Å². The fourth-order valence-electron chi connectivity index (χ4n) is 5.60. The molecule has 3 heterocycles. The lowest BCUT2D eigenvalue weighted by Crippen LogP contribution is -2.37. The maximum absolute atomic E-state index is 14.2. The second-order valence-electron chi connectivity index (χ2n) is 9.81. The Kier molecular flexibility index (Phi) is 6.56. The van der Waals surface area contributed by atoms with Gasteiger partial charge in [0.1, 0.15) is 12.3 Å². The van der Waals surface area contributed by atoms with Gasteiger partial charge < -0.3 is 4.74 Å². The smallest absolute Gasteiger partial charge is 0.352 e. The molecule has 1 aromatic heterocycles. The van der Waals surface area contributed by atoms with Crippen LogP contribution in [0.2, 0.25) is 5.02 Å². The lowest BCUT2D eigenvalue weighted by Gasteiger charge is -2.29. The molecule has 4 aromatic rings.